The molecule has 0 spiro atoms. The van der Waals surface area contributed by atoms with Crippen molar-refractivity contribution in [2.45, 2.75) is 23.8 Å². The molecule has 1 saturated carbocycles. The van der Waals surface area contributed by atoms with Crippen molar-refractivity contribution in [2.24, 2.45) is 0 Å². The number of hydrogen-bond donors (Lipinski definition) is 1. The second kappa shape index (κ2) is 8.41. The van der Waals surface area contributed by atoms with Crippen molar-refractivity contribution in [2.75, 3.05) is 20.2 Å². The Morgan fingerprint density at radius 3 is 2.59 bits per heavy atom. The quantitative estimate of drug-likeness (QED) is 0.667. The van der Waals surface area contributed by atoms with Gasteiger partial charge >= 0.3 is 0 Å². The molecular weight excluding hydrogens is 432 g/mol. The summed E-state index contributed by atoms with van der Waals surface area (Å²) >= 11 is 3.34. The van der Waals surface area contributed by atoms with Crippen LogP contribution < -0.4 is 9.46 Å². The van der Waals surface area contributed by atoms with Crippen LogP contribution in [0.5, 0.6) is 5.75 Å². The van der Waals surface area contributed by atoms with Gasteiger partial charge in [0.25, 0.3) is 5.91 Å². The Balaban J connectivity index is 1.66. The van der Waals surface area contributed by atoms with E-state index in [1.54, 1.807) is 13.1 Å². The number of para-hydroxylation sites is 1. The highest BCUT2D eigenvalue weighted by Gasteiger charge is 2.29. The molecule has 1 N–H and O–H groups in total. The van der Waals surface area contributed by atoms with Gasteiger partial charge in [-0.25, -0.2) is 13.1 Å². The third-order valence-corrected chi connectivity index (χ3v) is 6.37. The maximum Gasteiger partial charge on any atom is 0.254 e. The summed E-state index contributed by atoms with van der Waals surface area (Å²) in [6, 6.07) is 13.8. The van der Waals surface area contributed by atoms with E-state index in [9.17, 15) is 13.2 Å². The van der Waals surface area contributed by atoms with Crippen molar-refractivity contribution in [3.63, 3.8) is 0 Å². The number of likely N-dealkylation sites (N-methyl/N-ethyl adjacent to an activating group) is 1. The van der Waals surface area contributed by atoms with E-state index >= 15 is 0 Å². The second-order valence-electron chi connectivity index (χ2n) is 6.43. The topological polar surface area (TPSA) is 75.7 Å². The third kappa shape index (κ3) is 5.31. The Bertz CT molecular complexity index is 915. The van der Waals surface area contributed by atoms with Gasteiger partial charge in [-0.15, -0.1) is 0 Å². The first-order valence-electron chi connectivity index (χ1n) is 8.62. The first kappa shape index (κ1) is 19.9. The third-order valence-electron chi connectivity index (χ3n) is 4.16. The summed E-state index contributed by atoms with van der Waals surface area (Å²) < 4.78 is 33.6. The highest BCUT2D eigenvalue weighted by atomic mass is 79.9. The number of rotatable bonds is 8. The van der Waals surface area contributed by atoms with E-state index in [4.69, 9.17) is 4.74 Å². The van der Waals surface area contributed by atoms with Gasteiger partial charge in [-0.3, -0.25) is 4.79 Å². The van der Waals surface area contributed by atoms with Crippen LogP contribution >= 0.6 is 15.9 Å². The Morgan fingerprint density at radius 1 is 1.22 bits per heavy atom. The van der Waals surface area contributed by atoms with Crippen LogP contribution in [0, 0.1) is 0 Å². The Hall–Kier alpha value is -1.90. The fraction of sp³-hybridized carbons (Fsp3) is 0.316. The normalized spacial score (nSPS) is 14.0. The predicted molar refractivity (Wildman–Crippen MR) is 106 cm³/mol. The molecule has 0 aliphatic heterocycles. The molecule has 0 unspecified atom stereocenters. The minimum atomic E-state index is -3.61. The van der Waals surface area contributed by atoms with Gasteiger partial charge in [-0.1, -0.05) is 18.2 Å². The molecule has 0 heterocycles. The predicted octanol–water partition coefficient (Wildman–Crippen LogP) is 3.04. The number of nitrogens with zero attached hydrogens (tertiary/aromatic N) is 1. The number of benzene rings is 2. The highest BCUT2D eigenvalue weighted by Crippen LogP contribution is 2.25. The van der Waals surface area contributed by atoms with E-state index in [2.05, 4.69) is 20.7 Å². The lowest BCUT2D eigenvalue weighted by Crippen LogP contribution is -2.31. The maximum absolute atomic E-state index is 12.7. The van der Waals surface area contributed by atoms with Gasteiger partial charge in [-0.05, 0) is 59.1 Å². The molecule has 0 bridgehead atoms. The molecule has 0 atom stereocenters. The molecule has 8 heteroatoms. The summed E-state index contributed by atoms with van der Waals surface area (Å²) in [5, 5.41) is 0. The van der Waals surface area contributed by atoms with E-state index in [1.165, 1.54) is 17.0 Å². The van der Waals surface area contributed by atoms with Gasteiger partial charge in [0, 0.05) is 17.6 Å². The number of nitrogens with one attached hydrogen (secondary N) is 1. The lowest BCUT2D eigenvalue weighted by molar-refractivity contribution is 0.0772. The van der Waals surface area contributed by atoms with E-state index in [-0.39, 0.29) is 16.8 Å². The van der Waals surface area contributed by atoms with E-state index < -0.39 is 10.0 Å². The van der Waals surface area contributed by atoms with Crippen molar-refractivity contribution in [3.8, 4) is 5.75 Å². The summed E-state index contributed by atoms with van der Waals surface area (Å²) in [7, 11) is -1.96. The zero-order valence-corrected chi connectivity index (χ0v) is 17.3. The Morgan fingerprint density at radius 2 is 1.93 bits per heavy atom. The van der Waals surface area contributed by atoms with Crippen molar-refractivity contribution in [3.05, 3.63) is 58.6 Å². The standard InChI is InChI=1S/C19H21BrN2O4S/c1-22(11-12-26-15-5-3-2-4-6-15)19(23)17-13-16(9-10-18(17)20)27(24,25)21-14-7-8-14/h2-6,9-10,13-14,21H,7-8,11-12H2,1H3. The summed E-state index contributed by atoms with van der Waals surface area (Å²) in [6.45, 7) is 0.711. The molecule has 1 aliphatic rings. The van der Waals surface area contributed by atoms with Gasteiger partial charge in [0.05, 0.1) is 17.0 Å². The van der Waals surface area contributed by atoms with Gasteiger partial charge in [0.2, 0.25) is 10.0 Å². The number of amides is 1. The van der Waals surface area contributed by atoms with Crippen LogP contribution in [0.1, 0.15) is 23.2 Å². The molecule has 0 aromatic heterocycles. The lowest BCUT2D eigenvalue weighted by atomic mass is 10.2. The number of carbonyl (C=O) groups is 1. The molecule has 3 rings (SSSR count). The first-order chi connectivity index (χ1) is 12.9. The fourth-order valence-corrected chi connectivity index (χ4v) is 4.20. The second-order valence-corrected chi connectivity index (χ2v) is 8.99. The average molecular weight is 453 g/mol. The van der Waals surface area contributed by atoms with Crippen molar-refractivity contribution in [1.82, 2.24) is 9.62 Å². The molecule has 1 amide bonds. The van der Waals surface area contributed by atoms with E-state index in [0.717, 1.165) is 18.6 Å². The zero-order valence-electron chi connectivity index (χ0n) is 14.9. The SMILES string of the molecule is CN(CCOc1ccccc1)C(=O)c1cc(S(=O)(=O)NC2CC2)ccc1Br. The summed E-state index contributed by atoms with van der Waals surface area (Å²) in [5.74, 6) is 0.459. The molecule has 2 aromatic carbocycles. The summed E-state index contributed by atoms with van der Waals surface area (Å²) in [4.78, 5) is 14.3. The van der Waals surface area contributed by atoms with Crippen LogP contribution in [0.2, 0.25) is 0 Å². The smallest absolute Gasteiger partial charge is 0.254 e. The number of sulfonamides is 1. The van der Waals surface area contributed by atoms with Crippen LogP contribution in [0.4, 0.5) is 0 Å². The van der Waals surface area contributed by atoms with Crippen molar-refractivity contribution < 1.29 is 17.9 Å². The molecule has 0 saturated heterocycles. The molecule has 1 fully saturated rings. The van der Waals surface area contributed by atoms with E-state index in [1.807, 2.05) is 30.3 Å². The van der Waals surface area contributed by atoms with Crippen molar-refractivity contribution in [1.29, 1.82) is 0 Å². The molecule has 2 aromatic rings. The maximum atomic E-state index is 12.7. The van der Waals surface area contributed by atoms with Crippen LogP contribution in [0.3, 0.4) is 0 Å². The molecule has 0 radical (unpaired) electrons. The van der Waals surface area contributed by atoms with Crippen LogP contribution in [0.15, 0.2) is 57.9 Å². The summed E-state index contributed by atoms with van der Waals surface area (Å²) in [6.07, 6.45) is 1.71. The van der Waals surface area contributed by atoms with Crippen LogP contribution in [0.25, 0.3) is 0 Å². The monoisotopic (exact) mass is 452 g/mol. The lowest BCUT2D eigenvalue weighted by Gasteiger charge is -2.19. The zero-order chi connectivity index (χ0) is 19.4. The number of halogens is 1. The summed E-state index contributed by atoms with van der Waals surface area (Å²) in [5.41, 5.74) is 0.302. The first-order valence-corrected chi connectivity index (χ1v) is 10.9. The molecule has 144 valence electrons. The molecule has 6 nitrogen and oxygen atoms in total. The minimum absolute atomic E-state index is 0.00982. The Kier molecular flexibility index (Phi) is 6.18. The van der Waals surface area contributed by atoms with Gasteiger partial charge in [0.15, 0.2) is 0 Å². The Labute approximate surface area is 167 Å². The largest absolute Gasteiger partial charge is 0.492 e. The molecule has 27 heavy (non-hydrogen) atoms. The number of ether oxygens (including phenoxy) is 1. The van der Waals surface area contributed by atoms with Crippen molar-refractivity contribution >= 4 is 31.9 Å². The van der Waals surface area contributed by atoms with Crippen LogP contribution in [-0.2, 0) is 10.0 Å². The number of carbonyl (C=O) groups excluding carboxylic acids is 1. The minimum Gasteiger partial charge on any atom is -0.492 e. The van der Waals surface area contributed by atoms with Gasteiger partial charge in [-0.2, -0.15) is 0 Å². The average Bonchev–Trinajstić information content (AvgIpc) is 3.45. The molecular formula is C19H21BrN2O4S. The molecule has 1 aliphatic carbocycles. The number of hydrogen-bond acceptors (Lipinski definition) is 4. The van der Waals surface area contributed by atoms with Crippen LogP contribution in [-0.4, -0.2) is 45.5 Å². The highest BCUT2D eigenvalue weighted by molar-refractivity contribution is 9.10. The van der Waals surface area contributed by atoms with E-state index in [0.29, 0.717) is 23.2 Å². The fourth-order valence-electron chi connectivity index (χ4n) is 2.45. The van der Waals surface area contributed by atoms with Gasteiger partial charge < -0.3 is 9.64 Å². The van der Waals surface area contributed by atoms with Gasteiger partial charge in [0.1, 0.15) is 12.4 Å².